The fraction of sp³-hybridized carbons (Fsp3) is 0.462. The second kappa shape index (κ2) is 7.25. The summed E-state index contributed by atoms with van der Waals surface area (Å²) in [6.07, 6.45) is 0.519. The van der Waals surface area contributed by atoms with Gasteiger partial charge in [0.25, 0.3) is 0 Å². The monoisotopic (exact) mass is 285 g/mol. The quantitative estimate of drug-likeness (QED) is 0.760. The van der Waals surface area contributed by atoms with Gasteiger partial charge in [-0.3, -0.25) is 4.79 Å². The van der Waals surface area contributed by atoms with Crippen molar-refractivity contribution in [2.24, 2.45) is 5.92 Å². The third-order valence-corrected chi connectivity index (χ3v) is 4.02. The summed E-state index contributed by atoms with van der Waals surface area (Å²) in [5, 5.41) is 8.55. The number of hydrogen-bond donors (Lipinski definition) is 2. The molecule has 0 aliphatic heterocycles. The Morgan fingerprint density at radius 1 is 1.32 bits per heavy atom. The highest BCUT2D eigenvalue weighted by Crippen LogP contribution is 2.07. The van der Waals surface area contributed by atoms with Crippen LogP contribution in [0.3, 0.4) is 0 Å². The minimum absolute atomic E-state index is 0.00153. The Labute approximate surface area is 113 Å². The molecular weight excluding hydrogens is 266 g/mol. The van der Waals surface area contributed by atoms with E-state index in [1.807, 2.05) is 13.0 Å². The van der Waals surface area contributed by atoms with Crippen LogP contribution in [0.1, 0.15) is 25.3 Å². The summed E-state index contributed by atoms with van der Waals surface area (Å²) in [4.78, 5) is 10.4. The average molecular weight is 285 g/mol. The van der Waals surface area contributed by atoms with Gasteiger partial charge in [0.05, 0.1) is 5.75 Å². The van der Waals surface area contributed by atoms with Crippen LogP contribution in [0.5, 0.6) is 0 Å². The molecule has 19 heavy (non-hydrogen) atoms. The van der Waals surface area contributed by atoms with Crippen molar-refractivity contribution >= 4 is 16.0 Å². The summed E-state index contributed by atoms with van der Waals surface area (Å²) in [7, 11) is -3.37. The number of hydrogen-bond acceptors (Lipinski definition) is 3. The van der Waals surface area contributed by atoms with E-state index in [1.54, 1.807) is 24.3 Å². The van der Waals surface area contributed by atoms with Gasteiger partial charge in [-0.15, -0.1) is 0 Å². The first-order valence-electron chi connectivity index (χ1n) is 6.12. The highest BCUT2D eigenvalue weighted by atomic mass is 32.2. The third-order valence-electron chi connectivity index (χ3n) is 2.70. The molecule has 1 rings (SSSR count). The zero-order chi connectivity index (χ0) is 14.3. The molecule has 0 saturated heterocycles. The van der Waals surface area contributed by atoms with Crippen LogP contribution in [-0.2, 0) is 20.6 Å². The summed E-state index contributed by atoms with van der Waals surface area (Å²) in [5.74, 6) is -0.917. The van der Waals surface area contributed by atoms with Gasteiger partial charge < -0.3 is 5.11 Å². The number of sulfonamides is 1. The van der Waals surface area contributed by atoms with E-state index in [0.29, 0.717) is 6.42 Å². The maximum atomic E-state index is 11.8. The van der Waals surface area contributed by atoms with Crippen molar-refractivity contribution in [1.82, 2.24) is 4.72 Å². The van der Waals surface area contributed by atoms with Crippen LogP contribution in [0.2, 0.25) is 0 Å². The SMILES string of the molecule is CC(CCC(=O)O)CNS(=O)(=O)Cc1ccccc1. The molecule has 0 spiro atoms. The van der Waals surface area contributed by atoms with Crippen LogP contribution in [-0.4, -0.2) is 26.0 Å². The van der Waals surface area contributed by atoms with Crippen LogP contribution in [0.15, 0.2) is 30.3 Å². The van der Waals surface area contributed by atoms with Gasteiger partial charge in [0.1, 0.15) is 0 Å². The van der Waals surface area contributed by atoms with Crippen LogP contribution in [0.4, 0.5) is 0 Å². The van der Waals surface area contributed by atoms with Gasteiger partial charge >= 0.3 is 5.97 Å². The molecule has 1 atom stereocenters. The van der Waals surface area contributed by atoms with Crippen LogP contribution in [0, 0.1) is 5.92 Å². The van der Waals surface area contributed by atoms with Crippen molar-refractivity contribution in [3.63, 3.8) is 0 Å². The first kappa shape index (κ1) is 15.7. The second-order valence-corrected chi connectivity index (χ2v) is 6.44. The van der Waals surface area contributed by atoms with Gasteiger partial charge in [0, 0.05) is 13.0 Å². The molecule has 0 aromatic heterocycles. The van der Waals surface area contributed by atoms with E-state index in [4.69, 9.17) is 5.11 Å². The van der Waals surface area contributed by atoms with Gasteiger partial charge in [-0.05, 0) is 17.9 Å². The Morgan fingerprint density at radius 2 is 1.95 bits per heavy atom. The Balaban J connectivity index is 2.41. The van der Waals surface area contributed by atoms with Gasteiger partial charge in [-0.1, -0.05) is 37.3 Å². The summed E-state index contributed by atoms with van der Waals surface area (Å²) in [5.41, 5.74) is 0.730. The molecule has 2 N–H and O–H groups in total. The van der Waals surface area contributed by atoms with Gasteiger partial charge in [0.2, 0.25) is 10.0 Å². The number of carboxylic acids is 1. The largest absolute Gasteiger partial charge is 0.481 e. The van der Waals surface area contributed by atoms with Crippen molar-refractivity contribution < 1.29 is 18.3 Å². The number of carboxylic acid groups (broad SMARTS) is 1. The second-order valence-electron chi connectivity index (χ2n) is 4.63. The lowest BCUT2D eigenvalue weighted by Gasteiger charge is -2.12. The first-order valence-corrected chi connectivity index (χ1v) is 7.77. The Morgan fingerprint density at radius 3 is 2.53 bits per heavy atom. The van der Waals surface area contributed by atoms with E-state index >= 15 is 0 Å². The zero-order valence-corrected chi connectivity index (χ0v) is 11.7. The van der Waals surface area contributed by atoms with Crippen molar-refractivity contribution in [3.05, 3.63) is 35.9 Å². The van der Waals surface area contributed by atoms with Crippen molar-refractivity contribution in [1.29, 1.82) is 0 Å². The van der Waals surface area contributed by atoms with E-state index in [2.05, 4.69) is 4.72 Å². The summed E-state index contributed by atoms with van der Waals surface area (Å²) in [6, 6.07) is 8.93. The van der Waals surface area contributed by atoms with Crippen LogP contribution < -0.4 is 4.72 Å². The lowest BCUT2D eigenvalue weighted by molar-refractivity contribution is -0.137. The predicted octanol–water partition coefficient (Wildman–Crippen LogP) is 1.61. The van der Waals surface area contributed by atoms with Crippen molar-refractivity contribution in [3.8, 4) is 0 Å². The van der Waals surface area contributed by atoms with E-state index in [0.717, 1.165) is 5.56 Å². The summed E-state index contributed by atoms with van der Waals surface area (Å²) >= 11 is 0. The normalized spacial score (nSPS) is 13.1. The molecule has 0 aliphatic carbocycles. The molecule has 6 heteroatoms. The predicted molar refractivity (Wildman–Crippen MR) is 73.1 cm³/mol. The lowest BCUT2D eigenvalue weighted by atomic mass is 10.1. The fourth-order valence-corrected chi connectivity index (χ4v) is 2.86. The summed E-state index contributed by atoms with van der Waals surface area (Å²) < 4.78 is 26.1. The van der Waals surface area contributed by atoms with Gasteiger partial charge in [-0.2, -0.15) is 0 Å². The van der Waals surface area contributed by atoms with Gasteiger partial charge in [-0.25, -0.2) is 13.1 Å². The number of nitrogens with one attached hydrogen (secondary N) is 1. The average Bonchev–Trinajstić information content (AvgIpc) is 2.34. The van der Waals surface area contributed by atoms with E-state index < -0.39 is 16.0 Å². The number of benzene rings is 1. The topological polar surface area (TPSA) is 83.5 Å². The number of rotatable bonds is 8. The molecule has 5 nitrogen and oxygen atoms in total. The molecule has 0 fully saturated rings. The van der Waals surface area contributed by atoms with E-state index in [1.165, 1.54) is 0 Å². The molecule has 0 aliphatic rings. The Kier molecular flexibility index (Phi) is 5.98. The van der Waals surface area contributed by atoms with Crippen LogP contribution in [0.25, 0.3) is 0 Å². The minimum atomic E-state index is -3.37. The molecule has 0 heterocycles. The minimum Gasteiger partial charge on any atom is -0.481 e. The molecule has 1 aromatic carbocycles. The molecule has 0 amide bonds. The lowest BCUT2D eigenvalue weighted by Crippen LogP contribution is -2.29. The standard InChI is InChI=1S/C13H19NO4S/c1-11(7-8-13(15)16)9-14-19(17,18)10-12-5-3-2-4-6-12/h2-6,11,14H,7-10H2,1H3,(H,15,16). The summed E-state index contributed by atoms with van der Waals surface area (Å²) in [6.45, 7) is 2.09. The smallest absolute Gasteiger partial charge is 0.303 e. The van der Waals surface area contributed by atoms with Crippen LogP contribution >= 0.6 is 0 Å². The maximum absolute atomic E-state index is 11.8. The maximum Gasteiger partial charge on any atom is 0.303 e. The first-order chi connectivity index (χ1) is 8.89. The molecule has 106 valence electrons. The van der Waals surface area contributed by atoms with Gasteiger partial charge in [0.15, 0.2) is 0 Å². The zero-order valence-electron chi connectivity index (χ0n) is 10.9. The molecule has 0 saturated carbocycles. The number of carbonyl (C=O) groups is 1. The number of aliphatic carboxylic acids is 1. The fourth-order valence-electron chi connectivity index (χ4n) is 1.59. The molecular formula is C13H19NO4S. The van der Waals surface area contributed by atoms with E-state index in [9.17, 15) is 13.2 Å². The molecule has 0 radical (unpaired) electrons. The third kappa shape index (κ3) is 6.93. The highest BCUT2D eigenvalue weighted by Gasteiger charge is 2.13. The molecule has 1 aromatic rings. The molecule has 0 bridgehead atoms. The molecule has 1 unspecified atom stereocenters. The Bertz CT molecular complexity index is 499. The Hall–Kier alpha value is -1.40. The van der Waals surface area contributed by atoms with Crippen molar-refractivity contribution in [2.45, 2.75) is 25.5 Å². The highest BCUT2D eigenvalue weighted by molar-refractivity contribution is 7.88. The van der Waals surface area contributed by atoms with E-state index in [-0.39, 0.29) is 24.6 Å². The van der Waals surface area contributed by atoms with Crippen molar-refractivity contribution in [2.75, 3.05) is 6.54 Å².